The highest BCUT2D eigenvalue weighted by atomic mass is 79.9. The zero-order valence-electron chi connectivity index (χ0n) is 12.7. The van der Waals surface area contributed by atoms with Crippen LogP contribution in [0.4, 0.5) is 0 Å². The zero-order valence-corrected chi connectivity index (χ0v) is 15.1. The summed E-state index contributed by atoms with van der Waals surface area (Å²) in [5.74, 6) is 0.712. The fourth-order valence-corrected chi connectivity index (χ4v) is 3.57. The molecule has 1 saturated carbocycles. The summed E-state index contributed by atoms with van der Waals surface area (Å²) in [6.07, 6.45) is 2.95. The molecule has 1 amide bonds. The Hall–Kier alpha value is -1.21. The van der Waals surface area contributed by atoms with Crippen LogP contribution in [0.15, 0.2) is 9.85 Å². The summed E-state index contributed by atoms with van der Waals surface area (Å²) >= 11 is 5.20. The lowest BCUT2D eigenvalue weighted by atomic mass is 10.3. The molecule has 0 spiro atoms. The van der Waals surface area contributed by atoms with Crippen molar-refractivity contribution in [2.75, 3.05) is 0 Å². The van der Waals surface area contributed by atoms with Gasteiger partial charge < -0.3 is 5.32 Å². The number of thiazole rings is 1. The lowest BCUT2D eigenvalue weighted by Gasteiger charge is -2.05. The van der Waals surface area contributed by atoms with E-state index in [0.29, 0.717) is 25.4 Å². The molecule has 3 rings (SSSR count). The van der Waals surface area contributed by atoms with Gasteiger partial charge in [0.2, 0.25) is 5.91 Å². The normalized spacial score (nSPS) is 14.3. The lowest BCUT2D eigenvalue weighted by molar-refractivity contribution is -0.121. The number of rotatable bonds is 6. The summed E-state index contributed by atoms with van der Waals surface area (Å²) in [4.78, 5) is 16.5. The third-order valence-electron chi connectivity index (χ3n) is 3.81. The van der Waals surface area contributed by atoms with E-state index in [1.807, 2.05) is 23.9 Å². The summed E-state index contributed by atoms with van der Waals surface area (Å²) in [7, 11) is 0. The van der Waals surface area contributed by atoms with E-state index < -0.39 is 0 Å². The van der Waals surface area contributed by atoms with Gasteiger partial charge in [-0.3, -0.25) is 9.48 Å². The largest absolute Gasteiger partial charge is 0.350 e. The number of nitrogens with one attached hydrogen (secondary N) is 1. The van der Waals surface area contributed by atoms with E-state index >= 15 is 0 Å². The lowest BCUT2D eigenvalue weighted by Crippen LogP contribution is -2.24. The number of amides is 1. The second kappa shape index (κ2) is 6.50. The molecule has 0 saturated heterocycles. The number of nitrogens with zero attached hydrogens (tertiary/aromatic N) is 3. The van der Waals surface area contributed by atoms with Gasteiger partial charge in [0.25, 0.3) is 0 Å². The van der Waals surface area contributed by atoms with Crippen LogP contribution < -0.4 is 5.32 Å². The van der Waals surface area contributed by atoms with Gasteiger partial charge >= 0.3 is 0 Å². The highest BCUT2D eigenvalue weighted by Gasteiger charge is 2.26. The molecule has 0 radical (unpaired) electrons. The van der Waals surface area contributed by atoms with Crippen molar-refractivity contribution in [2.45, 2.75) is 52.1 Å². The Morgan fingerprint density at radius 1 is 1.50 bits per heavy atom. The number of halogens is 1. The SMILES string of the molecule is Cc1nn(CCC(=O)NCc2csc(C3CC3)n2)c(C)c1Br. The molecule has 1 fully saturated rings. The summed E-state index contributed by atoms with van der Waals surface area (Å²) in [6.45, 7) is 5.06. The van der Waals surface area contributed by atoms with Crippen LogP contribution >= 0.6 is 27.3 Å². The summed E-state index contributed by atoms with van der Waals surface area (Å²) in [6, 6.07) is 0. The van der Waals surface area contributed by atoms with Gasteiger partial charge in [-0.2, -0.15) is 5.10 Å². The second-order valence-electron chi connectivity index (χ2n) is 5.69. The molecule has 2 aromatic heterocycles. The van der Waals surface area contributed by atoms with E-state index in [1.165, 1.54) is 17.8 Å². The number of carbonyl (C=O) groups excluding carboxylic acids is 1. The van der Waals surface area contributed by atoms with Crippen molar-refractivity contribution in [3.8, 4) is 0 Å². The summed E-state index contributed by atoms with van der Waals surface area (Å²) < 4.78 is 2.88. The smallest absolute Gasteiger partial charge is 0.222 e. The van der Waals surface area contributed by atoms with Crippen molar-refractivity contribution < 1.29 is 4.79 Å². The van der Waals surface area contributed by atoms with Crippen LogP contribution in [-0.2, 0) is 17.9 Å². The molecule has 0 bridgehead atoms. The number of hydrogen-bond donors (Lipinski definition) is 1. The number of aryl methyl sites for hydroxylation is 2. The van der Waals surface area contributed by atoms with E-state index in [-0.39, 0.29) is 5.91 Å². The highest BCUT2D eigenvalue weighted by molar-refractivity contribution is 9.10. The van der Waals surface area contributed by atoms with Crippen LogP contribution in [0.1, 0.15) is 47.3 Å². The maximum Gasteiger partial charge on any atom is 0.222 e. The first-order valence-corrected chi connectivity index (χ1v) is 9.12. The molecule has 22 heavy (non-hydrogen) atoms. The monoisotopic (exact) mass is 382 g/mol. The molecule has 118 valence electrons. The van der Waals surface area contributed by atoms with Gasteiger partial charge in [-0.1, -0.05) is 0 Å². The Balaban J connectivity index is 1.46. The average Bonchev–Trinajstić information content (AvgIpc) is 3.20. The zero-order chi connectivity index (χ0) is 15.7. The van der Waals surface area contributed by atoms with Crippen molar-refractivity contribution in [3.05, 3.63) is 31.9 Å². The maximum atomic E-state index is 12.0. The van der Waals surface area contributed by atoms with E-state index in [0.717, 1.165) is 21.6 Å². The molecule has 0 unspecified atom stereocenters. The molecule has 5 nitrogen and oxygen atoms in total. The van der Waals surface area contributed by atoms with Gasteiger partial charge in [-0.25, -0.2) is 4.98 Å². The van der Waals surface area contributed by atoms with Crippen LogP contribution in [0.25, 0.3) is 0 Å². The van der Waals surface area contributed by atoms with E-state index in [9.17, 15) is 4.79 Å². The van der Waals surface area contributed by atoms with Crippen molar-refractivity contribution in [3.63, 3.8) is 0 Å². The predicted octanol–water partition coefficient (Wildman–Crippen LogP) is 3.30. The fraction of sp³-hybridized carbons (Fsp3) is 0.533. The minimum atomic E-state index is 0.0321. The van der Waals surface area contributed by atoms with Crippen LogP contribution in [0, 0.1) is 13.8 Å². The summed E-state index contributed by atoms with van der Waals surface area (Å²) in [5, 5.41) is 10.6. The molecule has 7 heteroatoms. The van der Waals surface area contributed by atoms with E-state index in [4.69, 9.17) is 0 Å². The van der Waals surface area contributed by atoms with Gasteiger partial charge in [0.15, 0.2) is 0 Å². The Labute approximate surface area is 142 Å². The Morgan fingerprint density at radius 2 is 2.27 bits per heavy atom. The highest BCUT2D eigenvalue weighted by Crippen LogP contribution is 2.41. The van der Waals surface area contributed by atoms with Gasteiger partial charge in [-0.15, -0.1) is 11.3 Å². The fourth-order valence-electron chi connectivity index (χ4n) is 2.30. The van der Waals surface area contributed by atoms with Crippen LogP contribution in [0.5, 0.6) is 0 Å². The molecule has 1 aliphatic rings. The molecule has 0 aromatic carbocycles. The molecule has 1 N–H and O–H groups in total. The standard InChI is InChI=1S/C15H19BrN4OS/c1-9-14(16)10(2)20(19-9)6-5-13(21)17-7-12-8-22-15(18-12)11-3-4-11/h8,11H,3-7H2,1-2H3,(H,17,21). The van der Waals surface area contributed by atoms with Crippen LogP contribution in [-0.4, -0.2) is 20.7 Å². The van der Waals surface area contributed by atoms with Crippen molar-refractivity contribution >= 4 is 33.2 Å². The first kappa shape index (κ1) is 15.7. The predicted molar refractivity (Wildman–Crippen MR) is 90.0 cm³/mol. The van der Waals surface area contributed by atoms with Crippen molar-refractivity contribution in [1.82, 2.24) is 20.1 Å². The summed E-state index contributed by atoms with van der Waals surface area (Å²) in [5.41, 5.74) is 2.97. The maximum absolute atomic E-state index is 12.0. The van der Waals surface area contributed by atoms with Crippen LogP contribution in [0.2, 0.25) is 0 Å². The van der Waals surface area contributed by atoms with Gasteiger partial charge in [0.05, 0.1) is 34.0 Å². The average molecular weight is 383 g/mol. The van der Waals surface area contributed by atoms with Crippen molar-refractivity contribution in [1.29, 1.82) is 0 Å². The molecule has 2 aromatic rings. The first-order chi connectivity index (χ1) is 10.5. The Kier molecular flexibility index (Phi) is 4.63. The second-order valence-corrected chi connectivity index (χ2v) is 7.37. The Morgan fingerprint density at radius 3 is 2.91 bits per heavy atom. The number of hydrogen-bond acceptors (Lipinski definition) is 4. The first-order valence-electron chi connectivity index (χ1n) is 7.45. The molecule has 2 heterocycles. The third kappa shape index (κ3) is 3.57. The quantitative estimate of drug-likeness (QED) is 0.833. The molecular weight excluding hydrogens is 364 g/mol. The minimum Gasteiger partial charge on any atom is -0.350 e. The molecule has 0 aliphatic heterocycles. The molecule has 1 aliphatic carbocycles. The van der Waals surface area contributed by atoms with Gasteiger partial charge in [0, 0.05) is 23.4 Å². The molecular formula is C15H19BrN4OS. The third-order valence-corrected chi connectivity index (χ3v) is 6.01. The number of carbonyl (C=O) groups is 1. The van der Waals surface area contributed by atoms with Gasteiger partial charge in [-0.05, 0) is 42.6 Å². The van der Waals surface area contributed by atoms with Crippen LogP contribution in [0.3, 0.4) is 0 Å². The number of aromatic nitrogens is 3. The Bertz CT molecular complexity index is 690. The minimum absolute atomic E-state index is 0.0321. The van der Waals surface area contributed by atoms with E-state index in [1.54, 1.807) is 11.3 Å². The topological polar surface area (TPSA) is 59.8 Å². The molecule has 0 atom stereocenters. The van der Waals surface area contributed by atoms with Crippen molar-refractivity contribution in [2.24, 2.45) is 0 Å². The van der Waals surface area contributed by atoms with Gasteiger partial charge in [0.1, 0.15) is 0 Å². The van der Waals surface area contributed by atoms with E-state index in [2.05, 4.69) is 31.3 Å².